The maximum Gasteiger partial charge on any atom is 0.255 e. The highest BCUT2D eigenvalue weighted by atomic mass is 19.1. The molecule has 1 amide bonds. The van der Waals surface area contributed by atoms with Crippen molar-refractivity contribution in [2.75, 3.05) is 29.9 Å². The summed E-state index contributed by atoms with van der Waals surface area (Å²) in [5.41, 5.74) is 2.13. The van der Waals surface area contributed by atoms with Crippen LogP contribution in [0.4, 0.5) is 20.4 Å². The van der Waals surface area contributed by atoms with Gasteiger partial charge in [-0.1, -0.05) is 18.2 Å². The molecule has 1 aliphatic heterocycles. The topological polar surface area (TPSA) is 70.2 Å². The molecule has 6 nitrogen and oxygen atoms in total. The lowest BCUT2D eigenvalue weighted by Crippen LogP contribution is -2.26. The summed E-state index contributed by atoms with van der Waals surface area (Å²) in [6.45, 7) is 1.69. The van der Waals surface area contributed by atoms with Crippen LogP contribution in [0.5, 0.6) is 0 Å². The molecule has 1 atom stereocenters. The van der Waals surface area contributed by atoms with Gasteiger partial charge in [0.2, 0.25) is 0 Å². The van der Waals surface area contributed by atoms with E-state index in [2.05, 4.69) is 20.6 Å². The van der Waals surface area contributed by atoms with Gasteiger partial charge in [-0.25, -0.2) is 13.8 Å². The van der Waals surface area contributed by atoms with Crippen LogP contribution in [0.3, 0.4) is 0 Å². The van der Waals surface area contributed by atoms with Crippen molar-refractivity contribution in [3.8, 4) is 0 Å². The molecule has 8 heteroatoms. The van der Waals surface area contributed by atoms with Crippen molar-refractivity contribution in [3.05, 3.63) is 83.4 Å². The van der Waals surface area contributed by atoms with Crippen molar-refractivity contribution in [2.24, 2.45) is 0 Å². The van der Waals surface area contributed by atoms with E-state index in [9.17, 15) is 13.6 Å². The largest absolute Gasteiger partial charge is 0.369 e. The SMILES string of the molecule is O=C(NCc1cccnc1)c1ccc(N2CC[C@@H](F)C2)nc1NCCc1cccc(F)c1. The first-order chi connectivity index (χ1) is 15.6. The number of anilines is 2. The molecule has 1 aromatic carbocycles. The molecule has 0 spiro atoms. The van der Waals surface area contributed by atoms with Crippen LogP contribution < -0.4 is 15.5 Å². The van der Waals surface area contributed by atoms with Gasteiger partial charge in [-0.2, -0.15) is 0 Å². The van der Waals surface area contributed by atoms with Gasteiger partial charge in [-0.05, 0) is 54.3 Å². The fourth-order valence-corrected chi connectivity index (χ4v) is 3.67. The lowest BCUT2D eigenvalue weighted by molar-refractivity contribution is 0.0951. The summed E-state index contributed by atoms with van der Waals surface area (Å²) in [6.07, 6.45) is 3.53. The standard InChI is InChI=1S/C24H25F2N5O/c25-19-5-1-3-17(13-19)8-11-28-23-21(24(32)29-15-18-4-2-10-27-14-18)6-7-22(30-23)31-12-9-20(26)16-31/h1-7,10,13-14,20H,8-9,11-12,15-16H2,(H,28,30)(H,29,32)/t20-/m1/s1. The summed E-state index contributed by atoms with van der Waals surface area (Å²) >= 11 is 0. The number of hydrogen-bond donors (Lipinski definition) is 2. The maximum atomic E-state index is 13.7. The van der Waals surface area contributed by atoms with Crippen LogP contribution in [-0.2, 0) is 13.0 Å². The monoisotopic (exact) mass is 437 g/mol. The average molecular weight is 437 g/mol. The Morgan fingerprint density at radius 2 is 2.03 bits per heavy atom. The third kappa shape index (κ3) is 5.57. The summed E-state index contributed by atoms with van der Waals surface area (Å²) in [5, 5.41) is 6.09. The van der Waals surface area contributed by atoms with Gasteiger partial charge in [0.05, 0.1) is 12.1 Å². The zero-order valence-electron chi connectivity index (χ0n) is 17.6. The Bertz CT molecular complexity index is 1060. The Kier molecular flexibility index (Phi) is 6.89. The van der Waals surface area contributed by atoms with E-state index in [4.69, 9.17) is 0 Å². The minimum absolute atomic E-state index is 0.272. The molecule has 2 N–H and O–H groups in total. The van der Waals surface area contributed by atoms with Gasteiger partial charge < -0.3 is 15.5 Å². The van der Waals surface area contributed by atoms with E-state index < -0.39 is 6.17 Å². The lowest BCUT2D eigenvalue weighted by Gasteiger charge is -2.19. The summed E-state index contributed by atoms with van der Waals surface area (Å²) in [4.78, 5) is 23.4. The van der Waals surface area contributed by atoms with E-state index in [-0.39, 0.29) is 11.7 Å². The highest BCUT2D eigenvalue weighted by Crippen LogP contribution is 2.24. The van der Waals surface area contributed by atoms with Gasteiger partial charge in [-0.3, -0.25) is 9.78 Å². The highest BCUT2D eigenvalue weighted by molar-refractivity contribution is 5.99. The Hall–Kier alpha value is -3.55. The second-order valence-corrected chi connectivity index (χ2v) is 7.75. The van der Waals surface area contributed by atoms with Crippen LogP contribution in [0.2, 0.25) is 0 Å². The first kappa shape index (κ1) is 21.7. The highest BCUT2D eigenvalue weighted by Gasteiger charge is 2.24. The van der Waals surface area contributed by atoms with Crippen molar-refractivity contribution in [1.29, 1.82) is 0 Å². The fraction of sp³-hybridized carbons (Fsp3) is 0.292. The average Bonchev–Trinajstić information content (AvgIpc) is 3.24. The van der Waals surface area contributed by atoms with Crippen LogP contribution in [0.25, 0.3) is 0 Å². The molecule has 0 unspecified atom stereocenters. The maximum absolute atomic E-state index is 13.7. The first-order valence-corrected chi connectivity index (χ1v) is 10.6. The third-order valence-electron chi connectivity index (χ3n) is 5.35. The van der Waals surface area contributed by atoms with Crippen molar-refractivity contribution >= 4 is 17.5 Å². The number of hydrogen-bond acceptors (Lipinski definition) is 5. The number of pyridine rings is 2. The predicted molar refractivity (Wildman–Crippen MR) is 120 cm³/mol. The van der Waals surface area contributed by atoms with Crippen molar-refractivity contribution in [3.63, 3.8) is 0 Å². The van der Waals surface area contributed by atoms with Crippen molar-refractivity contribution < 1.29 is 13.6 Å². The number of benzene rings is 1. The van der Waals surface area contributed by atoms with E-state index in [0.717, 1.165) is 11.1 Å². The molecule has 4 rings (SSSR count). The molecule has 3 heterocycles. The Morgan fingerprint density at radius 3 is 2.78 bits per heavy atom. The first-order valence-electron chi connectivity index (χ1n) is 10.6. The smallest absolute Gasteiger partial charge is 0.255 e. The quantitative estimate of drug-likeness (QED) is 0.562. The molecule has 0 saturated carbocycles. The van der Waals surface area contributed by atoms with Gasteiger partial charge in [0.1, 0.15) is 23.6 Å². The Labute approximate surface area is 185 Å². The van der Waals surface area contributed by atoms with E-state index in [0.29, 0.717) is 56.2 Å². The fourth-order valence-electron chi connectivity index (χ4n) is 3.67. The molecule has 0 bridgehead atoms. The number of aromatic nitrogens is 2. The van der Waals surface area contributed by atoms with E-state index in [1.165, 1.54) is 12.1 Å². The molecule has 0 radical (unpaired) electrons. The van der Waals surface area contributed by atoms with Crippen LogP contribution in [-0.4, -0.2) is 41.7 Å². The normalized spacial score (nSPS) is 15.6. The molecule has 3 aromatic rings. The Balaban J connectivity index is 1.49. The van der Waals surface area contributed by atoms with Crippen LogP contribution in [0.1, 0.15) is 27.9 Å². The molecular weight excluding hydrogens is 412 g/mol. The van der Waals surface area contributed by atoms with E-state index in [1.807, 2.05) is 23.1 Å². The number of halogens is 2. The number of carbonyl (C=O) groups is 1. The van der Waals surface area contributed by atoms with Crippen LogP contribution >= 0.6 is 0 Å². The molecule has 0 aliphatic carbocycles. The zero-order valence-corrected chi connectivity index (χ0v) is 17.6. The van der Waals surface area contributed by atoms with Crippen molar-refractivity contribution in [1.82, 2.24) is 15.3 Å². The summed E-state index contributed by atoms with van der Waals surface area (Å²) in [5.74, 6) is 0.492. The molecule has 1 aliphatic rings. The Morgan fingerprint density at radius 1 is 1.16 bits per heavy atom. The van der Waals surface area contributed by atoms with Crippen LogP contribution in [0.15, 0.2) is 60.9 Å². The van der Waals surface area contributed by atoms with Gasteiger partial charge in [0, 0.05) is 32.0 Å². The zero-order chi connectivity index (χ0) is 22.3. The number of rotatable bonds is 8. The van der Waals surface area contributed by atoms with E-state index in [1.54, 1.807) is 30.6 Å². The molecule has 2 aromatic heterocycles. The predicted octanol–water partition coefficient (Wildman–Crippen LogP) is 3.75. The molecule has 1 saturated heterocycles. The van der Waals surface area contributed by atoms with Crippen molar-refractivity contribution in [2.45, 2.75) is 25.6 Å². The number of amides is 1. The minimum atomic E-state index is -0.872. The lowest BCUT2D eigenvalue weighted by atomic mass is 10.1. The summed E-state index contributed by atoms with van der Waals surface area (Å²) < 4.78 is 27.1. The van der Waals surface area contributed by atoms with Gasteiger partial charge >= 0.3 is 0 Å². The molecule has 1 fully saturated rings. The minimum Gasteiger partial charge on any atom is -0.369 e. The molecule has 166 valence electrons. The van der Waals surface area contributed by atoms with Gasteiger partial charge in [-0.15, -0.1) is 0 Å². The second kappa shape index (κ2) is 10.2. The summed E-state index contributed by atoms with van der Waals surface area (Å²) in [6, 6.07) is 13.5. The molecular formula is C24H25F2N5O. The number of nitrogens with one attached hydrogen (secondary N) is 2. The second-order valence-electron chi connectivity index (χ2n) is 7.75. The van der Waals surface area contributed by atoms with Crippen LogP contribution in [0, 0.1) is 5.82 Å². The number of nitrogens with zero attached hydrogens (tertiary/aromatic N) is 3. The van der Waals surface area contributed by atoms with Gasteiger partial charge in [0.25, 0.3) is 5.91 Å². The van der Waals surface area contributed by atoms with Gasteiger partial charge in [0.15, 0.2) is 0 Å². The van der Waals surface area contributed by atoms with E-state index >= 15 is 0 Å². The third-order valence-corrected chi connectivity index (χ3v) is 5.35. The molecule has 32 heavy (non-hydrogen) atoms. The number of carbonyl (C=O) groups excluding carboxylic acids is 1. The number of alkyl halides is 1. The summed E-state index contributed by atoms with van der Waals surface area (Å²) in [7, 11) is 0.